The van der Waals surface area contributed by atoms with Gasteiger partial charge in [0, 0.05) is 38.6 Å². The molecule has 0 atom stereocenters. The number of ether oxygens (including phenoxy) is 1. The summed E-state index contributed by atoms with van der Waals surface area (Å²) >= 11 is 0. The fraction of sp³-hybridized carbons (Fsp3) is 0.414. The lowest BCUT2D eigenvalue weighted by molar-refractivity contribution is 0.102. The lowest BCUT2D eigenvalue weighted by Gasteiger charge is -2.13. The average molecular weight is 512 g/mol. The van der Waals surface area contributed by atoms with Gasteiger partial charge in [0.1, 0.15) is 17.1 Å². The maximum atomic E-state index is 12.5. The van der Waals surface area contributed by atoms with Crippen LogP contribution in [-0.2, 0) is 0 Å². The molecule has 0 saturated carbocycles. The van der Waals surface area contributed by atoms with E-state index in [9.17, 15) is 9.59 Å². The summed E-state index contributed by atoms with van der Waals surface area (Å²) in [4.78, 5) is 33.4. The molecule has 0 bridgehead atoms. The molecule has 0 spiro atoms. The predicted octanol–water partition coefficient (Wildman–Crippen LogP) is 6.26. The van der Waals surface area contributed by atoms with E-state index in [1.165, 1.54) is 22.2 Å². The normalized spacial score (nSPS) is 9.65. The van der Waals surface area contributed by atoms with Crippen molar-refractivity contribution in [2.45, 2.75) is 54.9 Å². The van der Waals surface area contributed by atoms with Gasteiger partial charge in [-0.1, -0.05) is 45.4 Å². The molecule has 0 aliphatic rings. The number of hydrogen-bond donors (Lipinski definition) is 2. The summed E-state index contributed by atoms with van der Waals surface area (Å²) in [5, 5.41) is 2.79. The summed E-state index contributed by atoms with van der Waals surface area (Å²) in [5.74, 6) is 0.363. The highest BCUT2D eigenvalue weighted by molar-refractivity contribution is 6.03. The molecule has 0 saturated heterocycles. The Morgan fingerprint density at radius 3 is 2.30 bits per heavy atom. The van der Waals surface area contributed by atoms with E-state index in [0.717, 1.165) is 18.7 Å². The number of amides is 1. The van der Waals surface area contributed by atoms with Gasteiger partial charge in [0.05, 0.1) is 12.9 Å². The summed E-state index contributed by atoms with van der Waals surface area (Å²) in [6.07, 6.45) is 6.25. The number of hydrogen-bond acceptors (Lipinski definition) is 4. The highest BCUT2D eigenvalue weighted by Gasteiger charge is 2.13. The zero-order valence-corrected chi connectivity index (χ0v) is 24.0. The zero-order valence-electron chi connectivity index (χ0n) is 24.0. The number of rotatable bonds is 8. The van der Waals surface area contributed by atoms with Crippen LogP contribution in [0, 0.1) is 0 Å². The first kappa shape index (κ1) is 33.2. The fourth-order valence-corrected chi connectivity index (χ4v) is 2.81. The first-order valence-corrected chi connectivity index (χ1v) is 12.8. The molecule has 0 radical (unpaired) electrons. The summed E-state index contributed by atoms with van der Waals surface area (Å²) < 4.78 is 7.05. The minimum atomic E-state index is -0.367. The Morgan fingerprint density at radius 1 is 1.11 bits per heavy atom. The Hall–Kier alpha value is -3.81. The second-order valence-electron chi connectivity index (χ2n) is 7.66. The van der Waals surface area contributed by atoms with Gasteiger partial charge in [-0.15, -0.1) is 0 Å². The Kier molecular flexibility index (Phi) is 17.4. The van der Waals surface area contributed by atoms with Gasteiger partial charge in [0.25, 0.3) is 11.5 Å². The van der Waals surface area contributed by atoms with Crippen molar-refractivity contribution in [2.24, 2.45) is 4.99 Å². The van der Waals surface area contributed by atoms with Crippen molar-refractivity contribution < 1.29 is 9.53 Å². The standard InChI is InChI=1S/C20H23N5O3.C5H10.2C2H6/c1-21-14-24(2)11-4-12-28-16-9-7-15(8-10-16)23-20(27)17-13-22-18-5-3-6-19(26)25(17)18;1-4-5(2)3;2*1-2/h3,5-10,13-14,22H,4,11-12H2,1-2H3,(H,23,27);4H,1-3H3;2*1-2H3. The number of pyridine rings is 1. The molecule has 0 fully saturated rings. The zero-order chi connectivity index (χ0) is 28.2. The van der Waals surface area contributed by atoms with Gasteiger partial charge < -0.3 is 19.9 Å². The van der Waals surface area contributed by atoms with Crippen molar-refractivity contribution in [3.8, 4) is 5.75 Å². The van der Waals surface area contributed by atoms with Gasteiger partial charge in [0.2, 0.25) is 0 Å². The number of anilines is 1. The van der Waals surface area contributed by atoms with Gasteiger partial charge in [-0.2, -0.15) is 0 Å². The third-order valence-electron chi connectivity index (χ3n) is 4.71. The summed E-state index contributed by atoms with van der Waals surface area (Å²) in [6.45, 7) is 15.6. The van der Waals surface area contributed by atoms with E-state index >= 15 is 0 Å². The summed E-state index contributed by atoms with van der Waals surface area (Å²) in [5.41, 5.74) is 2.56. The van der Waals surface area contributed by atoms with E-state index in [-0.39, 0.29) is 17.2 Å². The van der Waals surface area contributed by atoms with E-state index in [2.05, 4.69) is 35.2 Å². The van der Waals surface area contributed by atoms with Crippen LogP contribution in [0.25, 0.3) is 5.65 Å². The molecule has 37 heavy (non-hydrogen) atoms. The smallest absolute Gasteiger partial charge is 0.274 e. The summed E-state index contributed by atoms with van der Waals surface area (Å²) in [6, 6.07) is 11.9. The quantitative estimate of drug-likeness (QED) is 0.162. The van der Waals surface area contributed by atoms with Crippen LogP contribution in [0.3, 0.4) is 0 Å². The van der Waals surface area contributed by atoms with E-state index in [0.29, 0.717) is 17.9 Å². The molecule has 8 nitrogen and oxygen atoms in total. The van der Waals surface area contributed by atoms with Crippen molar-refractivity contribution in [1.29, 1.82) is 0 Å². The van der Waals surface area contributed by atoms with E-state index < -0.39 is 0 Å². The van der Waals surface area contributed by atoms with Gasteiger partial charge in [-0.3, -0.25) is 19.0 Å². The van der Waals surface area contributed by atoms with Crippen LogP contribution in [0.15, 0.2) is 70.1 Å². The molecule has 2 N–H and O–H groups in total. The average Bonchev–Trinajstić information content (AvgIpc) is 3.36. The molecule has 0 unspecified atom stereocenters. The molecule has 3 aromatic rings. The number of fused-ring (bicyclic) bond motifs is 1. The minimum absolute atomic E-state index is 0.251. The second-order valence-corrected chi connectivity index (χ2v) is 7.66. The topological polar surface area (TPSA) is 91.2 Å². The molecule has 204 valence electrons. The first-order valence-electron chi connectivity index (χ1n) is 12.8. The van der Waals surface area contributed by atoms with Crippen LogP contribution in [0.4, 0.5) is 5.69 Å². The number of benzene rings is 1. The van der Waals surface area contributed by atoms with Gasteiger partial charge >= 0.3 is 0 Å². The highest BCUT2D eigenvalue weighted by atomic mass is 16.5. The maximum absolute atomic E-state index is 12.5. The number of aromatic amines is 1. The van der Waals surface area contributed by atoms with Gasteiger partial charge in [-0.25, -0.2) is 0 Å². The number of imidazole rings is 1. The van der Waals surface area contributed by atoms with Gasteiger partial charge in [0.15, 0.2) is 0 Å². The highest BCUT2D eigenvalue weighted by Crippen LogP contribution is 2.17. The third kappa shape index (κ3) is 12.1. The molecule has 0 aliphatic carbocycles. The van der Waals surface area contributed by atoms with E-state index in [1.807, 2.05) is 46.6 Å². The first-order chi connectivity index (χ1) is 17.8. The van der Waals surface area contributed by atoms with Crippen molar-refractivity contribution in [1.82, 2.24) is 14.3 Å². The third-order valence-corrected chi connectivity index (χ3v) is 4.71. The van der Waals surface area contributed by atoms with Crippen LogP contribution in [0.5, 0.6) is 5.75 Å². The van der Waals surface area contributed by atoms with Crippen molar-refractivity contribution in [2.75, 3.05) is 32.6 Å². The molecule has 1 amide bonds. The Balaban J connectivity index is 0.00000127. The minimum Gasteiger partial charge on any atom is -0.494 e. The second kappa shape index (κ2) is 19.4. The van der Waals surface area contributed by atoms with Crippen LogP contribution in [0.2, 0.25) is 0 Å². The maximum Gasteiger partial charge on any atom is 0.274 e. The van der Waals surface area contributed by atoms with E-state index in [4.69, 9.17) is 4.74 Å². The summed E-state index contributed by atoms with van der Waals surface area (Å²) in [7, 11) is 3.70. The number of nitrogens with one attached hydrogen (secondary N) is 2. The van der Waals surface area contributed by atoms with Gasteiger partial charge in [-0.05, 0) is 57.5 Å². The molecule has 2 heterocycles. The number of aromatic nitrogens is 2. The largest absolute Gasteiger partial charge is 0.494 e. The van der Waals surface area contributed by atoms with Crippen LogP contribution >= 0.6 is 0 Å². The number of carbonyl (C=O) groups is 1. The number of carbonyl (C=O) groups excluding carboxylic acids is 1. The number of nitrogens with zero attached hydrogens (tertiary/aromatic N) is 3. The number of aliphatic imine (C=N–C) groups is 1. The van der Waals surface area contributed by atoms with Crippen LogP contribution in [-0.4, -0.2) is 53.8 Å². The monoisotopic (exact) mass is 511 g/mol. The Bertz CT molecular complexity index is 1140. The lowest BCUT2D eigenvalue weighted by Crippen LogP contribution is -2.20. The molecule has 2 aromatic heterocycles. The number of allylic oxidation sites excluding steroid dienone is 2. The Labute approximate surface area is 222 Å². The molecular formula is C29H45N5O3. The van der Waals surface area contributed by atoms with E-state index in [1.54, 1.807) is 49.8 Å². The van der Waals surface area contributed by atoms with Crippen molar-refractivity contribution in [3.05, 3.63) is 76.4 Å². The SMILES string of the molecule is CC.CC.CC=C(C)C.CN=CN(C)CCCOc1ccc(NC(=O)c2c[nH]c3cccc(=O)n23)cc1. The molecular weight excluding hydrogens is 466 g/mol. The molecule has 1 aromatic carbocycles. The fourth-order valence-electron chi connectivity index (χ4n) is 2.81. The van der Waals surface area contributed by atoms with Crippen molar-refractivity contribution in [3.63, 3.8) is 0 Å². The lowest BCUT2D eigenvalue weighted by atomic mass is 10.3. The Morgan fingerprint density at radius 2 is 1.73 bits per heavy atom. The van der Waals surface area contributed by atoms with Crippen LogP contribution in [0.1, 0.15) is 65.4 Å². The predicted molar refractivity (Wildman–Crippen MR) is 157 cm³/mol. The molecule has 3 rings (SSSR count). The molecule has 8 heteroatoms. The number of H-pyrrole nitrogens is 1. The van der Waals surface area contributed by atoms with Crippen molar-refractivity contribution >= 4 is 23.6 Å². The molecule has 0 aliphatic heterocycles. The van der Waals surface area contributed by atoms with Crippen LogP contribution < -0.4 is 15.6 Å².